The minimum Gasteiger partial charge on any atom is -0.349 e. The molecular weight excluding hydrogens is 238 g/mol. The fourth-order valence-electron chi connectivity index (χ4n) is 1.75. The van der Waals surface area contributed by atoms with Crippen molar-refractivity contribution in [3.05, 3.63) is 34.9 Å². The lowest BCUT2D eigenvalue weighted by Crippen LogP contribution is -2.37. The van der Waals surface area contributed by atoms with E-state index in [1.165, 1.54) is 13.0 Å². The quantitative estimate of drug-likeness (QED) is 0.867. The van der Waals surface area contributed by atoms with Crippen molar-refractivity contribution in [1.29, 1.82) is 0 Å². The van der Waals surface area contributed by atoms with Gasteiger partial charge in [-0.05, 0) is 38.8 Å². The summed E-state index contributed by atoms with van der Waals surface area (Å²) >= 11 is 0. The Morgan fingerprint density at radius 1 is 1.33 bits per heavy atom. The van der Waals surface area contributed by atoms with Crippen LogP contribution in [0.15, 0.2) is 12.1 Å². The van der Waals surface area contributed by atoms with Crippen LogP contribution in [0.25, 0.3) is 0 Å². The Kier molecular flexibility index (Phi) is 4.78. The third-order valence-electron chi connectivity index (χ3n) is 2.60. The van der Waals surface area contributed by atoms with Gasteiger partial charge < -0.3 is 11.1 Å². The Labute approximate surface area is 105 Å². The van der Waals surface area contributed by atoms with Crippen LogP contribution in [-0.4, -0.2) is 18.0 Å². The van der Waals surface area contributed by atoms with E-state index < -0.39 is 17.5 Å². The Bertz CT molecular complexity index is 447. The average molecular weight is 256 g/mol. The van der Waals surface area contributed by atoms with Crippen molar-refractivity contribution in [3.8, 4) is 0 Å². The molecule has 3 nitrogen and oxygen atoms in total. The van der Waals surface area contributed by atoms with Gasteiger partial charge in [0.15, 0.2) is 0 Å². The van der Waals surface area contributed by atoms with E-state index in [1.807, 2.05) is 6.92 Å². The highest BCUT2D eigenvalue weighted by molar-refractivity contribution is 5.94. The van der Waals surface area contributed by atoms with E-state index >= 15 is 0 Å². The van der Waals surface area contributed by atoms with E-state index in [2.05, 4.69) is 5.32 Å². The summed E-state index contributed by atoms with van der Waals surface area (Å²) in [5.41, 5.74) is 5.70. The molecule has 0 bridgehead atoms. The van der Waals surface area contributed by atoms with Crippen LogP contribution in [0.4, 0.5) is 8.78 Å². The molecule has 0 radical (unpaired) electrons. The molecule has 0 heterocycles. The second kappa shape index (κ2) is 5.91. The summed E-state index contributed by atoms with van der Waals surface area (Å²) in [4.78, 5) is 11.8. The largest absolute Gasteiger partial charge is 0.349 e. The fourth-order valence-corrected chi connectivity index (χ4v) is 1.75. The summed E-state index contributed by atoms with van der Waals surface area (Å²) in [6.07, 6.45) is 0.591. The lowest BCUT2D eigenvalue weighted by Gasteiger charge is -2.16. The number of rotatable bonds is 4. The molecule has 18 heavy (non-hydrogen) atoms. The zero-order valence-corrected chi connectivity index (χ0v) is 10.8. The fraction of sp³-hybridized carbons (Fsp3) is 0.462. The van der Waals surface area contributed by atoms with Gasteiger partial charge in [0, 0.05) is 18.2 Å². The highest BCUT2D eigenvalue weighted by Crippen LogP contribution is 2.14. The molecule has 100 valence electrons. The maximum Gasteiger partial charge on any atom is 0.254 e. The SMILES string of the molecule is Cc1cc(C(=O)NC(C)CC(C)N)c(F)cc1F. The van der Waals surface area contributed by atoms with E-state index in [9.17, 15) is 13.6 Å². The Morgan fingerprint density at radius 3 is 2.50 bits per heavy atom. The number of nitrogens with two attached hydrogens (primary N) is 1. The smallest absolute Gasteiger partial charge is 0.254 e. The normalized spacial score (nSPS) is 14.1. The highest BCUT2D eigenvalue weighted by Gasteiger charge is 2.16. The summed E-state index contributed by atoms with van der Waals surface area (Å²) < 4.78 is 26.5. The van der Waals surface area contributed by atoms with Crippen molar-refractivity contribution >= 4 is 5.91 Å². The van der Waals surface area contributed by atoms with Gasteiger partial charge in [-0.15, -0.1) is 0 Å². The molecule has 0 aliphatic rings. The zero-order valence-electron chi connectivity index (χ0n) is 10.8. The predicted octanol–water partition coefficient (Wildman–Crippen LogP) is 2.13. The Balaban J connectivity index is 2.82. The summed E-state index contributed by atoms with van der Waals surface area (Å²) in [6, 6.07) is 1.71. The molecule has 0 aliphatic carbocycles. The van der Waals surface area contributed by atoms with Gasteiger partial charge in [-0.25, -0.2) is 8.78 Å². The second-order valence-electron chi connectivity index (χ2n) is 4.67. The first kappa shape index (κ1) is 14.6. The number of carbonyl (C=O) groups is 1. The van der Waals surface area contributed by atoms with Crippen molar-refractivity contribution in [2.24, 2.45) is 5.73 Å². The average Bonchev–Trinajstić information content (AvgIpc) is 2.21. The molecule has 0 saturated heterocycles. The van der Waals surface area contributed by atoms with Gasteiger partial charge in [-0.2, -0.15) is 0 Å². The van der Waals surface area contributed by atoms with Gasteiger partial charge in [-0.3, -0.25) is 4.79 Å². The van der Waals surface area contributed by atoms with Crippen LogP contribution in [0.5, 0.6) is 0 Å². The summed E-state index contributed by atoms with van der Waals surface area (Å²) in [7, 11) is 0. The summed E-state index contributed by atoms with van der Waals surface area (Å²) in [5.74, 6) is -2.07. The molecule has 0 aromatic heterocycles. The number of nitrogens with one attached hydrogen (secondary N) is 1. The van der Waals surface area contributed by atoms with Crippen LogP contribution in [0.2, 0.25) is 0 Å². The van der Waals surface area contributed by atoms with E-state index in [0.717, 1.165) is 6.07 Å². The van der Waals surface area contributed by atoms with Gasteiger partial charge in [0.25, 0.3) is 5.91 Å². The van der Waals surface area contributed by atoms with Crippen LogP contribution in [0, 0.1) is 18.6 Å². The van der Waals surface area contributed by atoms with Gasteiger partial charge in [0.05, 0.1) is 5.56 Å². The van der Waals surface area contributed by atoms with Gasteiger partial charge in [0.2, 0.25) is 0 Å². The Hall–Kier alpha value is -1.49. The van der Waals surface area contributed by atoms with Crippen LogP contribution in [0.3, 0.4) is 0 Å². The van der Waals surface area contributed by atoms with Crippen LogP contribution in [-0.2, 0) is 0 Å². The minimum absolute atomic E-state index is 0.0555. The monoisotopic (exact) mass is 256 g/mol. The number of amides is 1. The van der Waals surface area contributed by atoms with Crippen molar-refractivity contribution in [1.82, 2.24) is 5.32 Å². The zero-order chi connectivity index (χ0) is 13.9. The van der Waals surface area contributed by atoms with E-state index in [4.69, 9.17) is 5.73 Å². The van der Waals surface area contributed by atoms with Crippen molar-refractivity contribution in [2.45, 2.75) is 39.3 Å². The molecule has 2 unspecified atom stereocenters. The third kappa shape index (κ3) is 3.77. The van der Waals surface area contributed by atoms with E-state index in [0.29, 0.717) is 6.42 Å². The molecule has 0 saturated carbocycles. The summed E-state index contributed by atoms with van der Waals surface area (Å²) in [5, 5.41) is 2.63. The van der Waals surface area contributed by atoms with Gasteiger partial charge in [-0.1, -0.05) is 0 Å². The first-order valence-electron chi connectivity index (χ1n) is 5.83. The standard InChI is InChI=1S/C13H18F2N2O/c1-7-4-10(12(15)6-11(7)14)13(18)17-9(3)5-8(2)16/h4,6,8-9H,5,16H2,1-3H3,(H,17,18). The third-order valence-corrected chi connectivity index (χ3v) is 2.60. The predicted molar refractivity (Wildman–Crippen MR) is 66.3 cm³/mol. The molecule has 5 heteroatoms. The molecule has 3 N–H and O–H groups in total. The molecular formula is C13H18F2N2O. The number of hydrogen-bond donors (Lipinski definition) is 2. The topological polar surface area (TPSA) is 55.1 Å². The van der Waals surface area contributed by atoms with E-state index in [-0.39, 0.29) is 23.2 Å². The van der Waals surface area contributed by atoms with Gasteiger partial charge in [0.1, 0.15) is 11.6 Å². The van der Waals surface area contributed by atoms with Crippen LogP contribution >= 0.6 is 0 Å². The molecule has 1 aromatic carbocycles. The van der Waals surface area contributed by atoms with Crippen molar-refractivity contribution in [2.75, 3.05) is 0 Å². The van der Waals surface area contributed by atoms with Crippen molar-refractivity contribution in [3.63, 3.8) is 0 Å². The first-order valence-corrected chi connectivity index (χ1v) is 5.83. The molecule has 2 atom stereocenters. The van der Waals surface area contributed by atoms with E-state index in [1.54, 1.807) is 6.92 Å². The minimum atomic E-state index is -0.858. The van der Waals surface area contributed by atoms with Crippen LogP contribution in [0.1, 0.15) is 36.2 Å². The van der Waals surface area contributed by atoms with Crippen LogP contribution < -0.4 is 11.1 Å². The molecule has 1 aromatic rings. The number of carbonyl (C=O) groups excluding carboxylic acids is 1. The molecule has 0 fully saturated rings. The molecule has 0 aliphatic heterocycles. The number of hydrogen-bond acceptors (Lipinski definition) is 2. The molecule has 0 spiro atoms. The molecule has 1 rings (SSSR count). The summed E-state index contributed by atoms with van der Waals surface area (Å²) in [6.45, 7) is 5.10. The number of halogens is 2. The maximum atomic E-state index is 13.5. The lowest BCUT2D eigenvalue weighted by molar-refractivity contribution is 0.0933. The van der Waals surface area contributed by atoms with Gasteiger partial charge >= 0.3 is 0 Å². The molecule has 1 amide bonds. The first-order chi connectivity index (χ1) is 8.31. The Morgan fingerprint density at radius 2 is 1.94 bits per heavy atom. The maximum absolute atomic E-state index is 13.5. The highest BCUT2D eigenvalue weighted by atomic mass is 19.1. The lowest BCUT2D eigenvalue weighted by atomic mass is 10.1. The number of benzene rings is 1. The van der Waals surface area contributed by atoms with Crippen molar-refractivity contribution < 1.29 is 13.6 Å². The number of aryl methyl sites for hydroxylation is 1. The second-order valence-corrected chi connectivity index (χ2v) is 4.67.